The van der Waals surface area contributed by atoms with Gasteiger partial charge < -0.3 is 37.0 Å². The molecule has 0 aliphatic carbocycles. The van der Waals surface area contributed by atoms with Crippen molar-refractivity contribution in [1.82, 2.24) is 16.0 Å². The van der Waals surface area contributed by atoms with E-state index in [2.05, 4.69) is 16.0 Å². The Morgan fingerprint density at radius 1 is 0.778 bits per heavy atom. The summed E-state index contributed by atoms with van der Waals surface area (Å²) >= 11 is 0. The molecule has 0 aliphatic heterocycles. The highest BCUT2D eigenvalue weighted by Crippen LogP contribution is 2.11. The second-order valence-corrected chi connectivity index (χ2v) is 8.00. The first-order valence-electron chi connectivity index (χ1n) is 10.9. The minimum atomic E-state index is -1.69. The lowest BCUT2D eigenvalue weighted by molar-refractivity contribution is -0.147. The van der Waals surface area contributed by atoms with Crippen molar-refractivity contribution in [3.05, 3.63) is 65.7 Å². The first-order valence-corrected chi connectivity index (χ1v) is 10.9. The molecule has 8 N–H and O–H groups in total. The van der Waals surface area contributed by atoms with Gasteiger partial charge in [0.2, 0.25) is 17.7 Å². The van der Waals surface area contributed by atoms with Gasteiger partial charge in [-0.1, -0.05) is 42.5 Å². The molecule has 3 unspecified atom stereocenters. The molecule has 0 spiro atoms. The molecule has 0 fully saturated rings. The van der Waals surface area contributed by atoms with Crippen LogP contribution in [0.4, 0.5) is 0 Å². The maximum Gasteiger partial charge on any atom is 0.326 e. The van der Waals surface area contributed by atoms with Gasteiger partial charge in [0, 0.05) is 6.42 Å². The topological polar surface area (TPSA) is 208 Å². The van der Waals surface area contributed by atoms with Crippen LogP contribution >= 0.6 is 0 Å². The van der Waals surface area contributed by atoms with E-state index >= 15 is 0 Å². The van der Waals surface area contributed by atoms with Crippen LogP contribution in [0.15, 0.2) is 54.6 Å². The molecule has 0 saturated carbocycles. The summed E-state index contributed by atoms with van der Waals surface area (Å²) in [5.74, 6) is -5.13. The van der Waals surface area contributed by atoms with Crippen LogP contribution in [-0.4, -0.2) is 69.7 Å². The number of phenolic OH excluding ortho intramolecular Hbond substituents is 1. The van der Waals surface area contributed by atoms with E-state index in [0.29, 0.717) is 11.1 Å². The van der Waals surface area contributed by atoms with Crippen LogP contribution in [0.2, 0.25) is 0 Å². The Morgan fingerprint density at radius 2 is 1.39 bits per heavy atom. The van der Waals surface area contributed by atoms with Crippen LogP contribution < -0.4 is 21.7 Å². The number of carboxylic acid groups (broad SMARTS) is 2. The lowest BCUT2D eigenvalue weighted by atomic mass is 10.0. The largest absolute Gasteiger partial charge is 0.508 e. The second-order valence-electron chi connectivity index (χ2n) is 8.00. The summed E-state index contributed by atoms with van der Waals surface area (Å²) in [5, 5.41) is 34.4. The van der Waals surface area contributed by atoms with E-state index in [0.717, 1.165) is 0 Å². The van der Waals surface area contributed by atoms with Crippen molar-refractivity contribution in [2.45, 2.75) is 37.4 Å². The zero-order valence-electron chi connectivity index (χ0n) is 19.2. The fourth-order valence-corrected chi connectivity index (χ4v) is 3.23. The fourth-order valence-electron chi connectivity index (χ4n) is 3.23. The van der Waals surface area contributed by atoms with Crippen LogP contribution in [0.25, 0.3) is 0 Å². The van der Waals surface area contributed by atoms with Gasteiger partial charge >= 0.3 is 11.9 Å². The number of carbonyl (C=O) groups is 5. The van der Waals surface area contributed by atoms with Gasteiger partial charge in [0.05, 0.1) is 19.0 Å². The van der Waals surface area contributed by atoms with E-state index in [1.807, 2.05) is 0 Å². The molecule has 0 aliphatic rings. The number of nitrogens with two attached hydrogens (primary N) is 1. The fraction of sp³-hybridized carbons (Fsp3) is 0.292. The van der Waals surface area contributed by atoms with Crippen LogP contribution in [0.5, 0.6) is 5.75 Å². The third-order valence-electron chi connectivity index (χ3n) is 5.08. The van der Waals surface area contributed by atoms with Gasteiger partial charge in [-0.25, -0.2) is 4.79 Å². The summed E-state index contributed by atoms with van der Waals surface area (Å²) in [6.07, 6.45) is -0.693. The van der Waals surface area contributed by atoms with Crippen LogP contribution in [0.3, 0.4) is 0 Å². The van der Waals surface area contributed by atoms with Crippen LogP contribution in [-0.2, 0) is 36.8 Å². The molecule has 12 heteroatoms. The van der Waals surface area contributed by atoms with E-state index in [1.54, 1.807) is 42.5 Å². The number of hydrogen-bond acceptors (Lipinski definition) is 7. The molecule has 0 radical (unpaired) electrons. The first kappa shape index (κ1) is 27.8. The summed E-state index contributed by atoms with van der Waals surface area (Å²) in [6, 6.07) is 10.8. The Balaban J connectivity index is 1.99. The highest BCUT2D eigenvalue weighted by atomic mass is 16.4. The van der Waals surface area contributed by atoms with Gasteiger partial charge in [-0.05, 0) is 29.7 Å². The van der Waals surface area contributed by atoms with E-state index in [1.165, 1.54) is 12.1 Å². The van der Waals surface area contributed by atoms with Crippen LogP contribution in [0, 0.1) is 0 Å². The van der Waals surface area contributed by atoms with Crippen molar-refractivity contribution >= 4 is 29.7 Å². The Labute approximate surface area is 206 Å². The Hall–Kier alpha value is -4.45. The molecule has 36 heavy (non-hydrogen) atoms. The summed E-state index contributed by atoms with van der Waals surface area (Å²) in [4.78, 5) is 59.8. The number of benzene rings is 2. The standard InChI is InChI=1S/C24H28N4O8/c25-17(10-15-6-8-16(29)9-7-15)22(33)26-13-20(30)27-18(11-14-4-2-1-3-5-14)23(34)28-19(24(35)36)12-21(31)32/h1-9,17-19,29H,10-13,25H2,(H,26,33)(H,27,30)(H,28,34)(H,31,32)(H,35,36). The number of rotatable bonds is 13. The van der Waals surface area contributed by atoms with Crippen molar-refractivity contribution < 1.29 is 39.3 Å². The molecule has 2 rings (SSSR count). The van der Waals surface area contributed by atoms with Crippen molar-refractivity contribution in [2.24, 2.45) is 5.73 Å². The van der Waals surface area contributed by atoms with Crippen molar-refractivity contribution in [2.75, 3.05) is 6.54 Å². The molecular weight excluding hydrogens is 472 g/mol. The molecule has 3 atom stereocenters. The summed E-state index contributed by atoms with van der Waals surface area (Å²) in [6.45, 7) is -0.502. The molecule has 192 valence electrons. The second kappa shape index (κ2) is 13.4. The molecular formula is C24H28N4O8. The summed E-state index contributed by atoms with van der Waals surface area (Å²) in [7, 11) is 0. The molecule has 2 aromatic carbocycles. The van der Waals surface area contributed by atoms with Crippen LogP contribution in [0.1, 0.15) is 17.5 Å². The maximum absolute atomic E-state index is 12.7. The molecule has 12 nitrogen and oxygen atoms in total. The average Bonchev–Trinajstić information content (AvgIpc) is 2.83. The molecule has 0 bridgehead atoms. The first-order chi connectivity index (χ1) is 17.0. The van der Waals surface area contributed by atoms with Gasteiger partial charge in [-0.2, -0.15) is 0 Å². The Morgan fingerprint density at radius 3 is 1.97 bits per heavy atom. The number of amides is 3. The number of carboxylic acids is 2. The number of hydrogen-bond donors (Lipinski definition) is 7. The molecule has 0 heterocycles. The average molecular weight is 501 g/mol. The summed E-state index contributed by atoms with van der Waals surface area (Å²) < 4.78 is 0. The third kappa shape index (κ3) is 9.43. The number of aromatic hydroxyl groups is 1. The SMILES string of the molecule is NC(Cc1ccc(O)cc1)C(=O)NCC(=O)NC(Cc1ccccc1)C(=O)NC(CC(=O)O)C(=O)O. The summed E-state index contributed by atoms with van der Waals surface area (Å²) in [5.41, 5.74) is 7.23. The predicted octanol–water partition coefficient (Wildman–Crippen LogP) is -0.850. The minimum absolute atomic E-state index is 0.00780. The van der Waals surface area contributed by atoms with Crippen molar-refractivity contribution in [3.63, 3.8) is 0 Å². The Bertz CT molecular complexity index is 1080. The molecule has 0 aromatic heterocycles. The maximum atomic E-state index is 12.7. The minimum Gasteiger partial charge on any atom is -0.508 e. The highest BCUT2D eigenvalue weighted by Gasteiger charge is 2.28. The van der Waals surface area contributed by atoms with E-state index in [4.69, 9.17) is 10.8 Å². The third-order valence-corrected chi connectivity index (χ3v) is 5.08. The lowest BCUT2D eigenvalue weighted by Gasteiger charge is -2.21. The van der Waals surface area contributed by atoms with Gasteiger partial charge in [-0.3, -0.25) is 19.2 Å². The zero-order valence-corrected chi connectivity index (χ0v) is 19.2. The predicted molar refractivity (Wildman–Crippen MR) is 127 cm³/mol. The number of aliphatic carboxylic acids is 2. The normalized spacial score (nSPS) is 13.0. The highest BCUT2D eigenvalue weighted by molar-refractivity contribution is 5.93. The Kier molecular flexibility index (Phi) is 10.4. The van der Waals surface area contributed by atoms with E-state index in [9.17, 15) is 34.2 Å². The molecule has 2 aromatic rings. The van der Waals surface area contributed by atoms with Gasteiger partial charge in [-0.15, -0.1) is 0 Å². The van der Waals surface area contributed by atoms with Gasteiger partial charge in [0.1, 0.15) is 17.8 Å². The van der Waals surface area contributed by atoms with E-state index in [-0.39, 0.29) is 18.6 Å². The number of nitrogens with one attached hydrogen (secondary N) is 3. The number of carbonyl (C=O) groups excluding carboxylic acids is 3. The quantitative estimate of drug-likeness (QED) is 0.182. The van der Waals surface area contributed by atoms with Crippen molar-refractivity contribution in [3.8, 4) is 5.75 Å². The van der Waals surface area contributed by atoms with Gasteiger partial charge in [0.25, 0.3) is 0 Å². The van der Waals surface area contributed by atoms with E-state index < -0.39 is 60.8 Å². The zero-order chi connectivity index (χ0) is 26.7. The lowest BCUT2D eigenvalue weighted by Crippen LogP contribution is -2.54. The van der Waals surface area contributed by atoms with Gasteiger partial charge in [0.15, 0.2) is 0 Å². The number of phenols is 1. The monoisotopic (exact) mass is 500 g/mol. The molecule has 3 amide bonds. The smallest absolute Gasteiger partial charge is 0.326 e. The molecule has 0 saturated heterocycles. The van der Waals surface area contributed by atoms with Crippen molar-refractivity contribution in [1.29, 1.82) is 0 Å².